The minimum Gasteiger partial charge on any atom is -0.482 e. The highest BCUT2D eigenvalue weighted by Gasteiger charge is 2.14. The van der Waals surface area contributed by atoms with Crippen molar-refractivity contribution >= 4 is 43.7 Å². The van der Waals surface area contributed by atoms with E-state index in [1.807, 2.05) is 45.9 Å². The molecule has 0 aliphatic carbocycles. The minimum atomic E-state index is -2.63. The molecule has 11 heteroatoms. The number of halogens is 2. The van der Waals surface area contributed by atoms with Crippen molar-refractivity contribution in [3.63, 3.8) is 0 Å². The van der Waals surface area contributed by atoms with Gasteiger partial charge >= 0.3 is 0 Å². The second-order valence-electron chi connectivity index (χ2n) is 7.94. The van der Waals surface area contributed by atoms with E-state index in [4.69, 9.17) is 4.74 Å². The molecule has 36 heavy (non-hydrogen) atoms. The lowest BCUT2D eigenvalue weighted by atomic mass is 10.1. The largest absolute Gasteiger partial charge is 0.482 e. The van der Waals surface area contributed by atoms with Gasteiger partial charge in [0.1, 0.15) is 17.9 Å². The summed E-state index contributed by atoms with van der Waals surface area (Å²) >= 11 is 0. The summed E-state index contributed by atoms with van der Waals surface area (Å²) in [4.78, 5) is 20.6. The molecule has 1 heterocycles. The van der Waals surface area contributed by atoms with Crippen molar-refractivity contribution in [3.8, 4) is 5.75 Å². The maximum absolute atomic E-state index is 12.3. The van der Waals surface area contributed by atoms with Crippen LogP contribution in [0.3, 0.4) is 0 Å². The Balaban J connectivity index is 0.00000222. The number of anilines is 2. The van der Waals surface area contributed by atoms with Crippen molar-refractivity contribution in [2.45, 2.75) is 40.5 Å². The minimum absolute atomic E-state index is 0.388. The molecule has 0 atom stereocenters. The molecular weight excluding hydrogens is 488 g/mol. The first-order chi connectivity index (χ1) is 17.1. The summed E-state index contributed by atoms with van der Waals surface area (Å²) in [5.74, 6) is 0.259. The van der Waals surface area contributed by atoms with E-state index in [1.165, 1.54) is 6.33 Å². The van der Waals surface area contributed by atoms with Crippen LogP contribution in [0.1, 0.15) is 31.9 Å². The Morgan fingerprint density at radius 3 is 2.53 bits per heavy atom. The molecule has 0 saturated carbocycles. The van der Waals surface area contributed by atoms with Gasteiger partial charge in [0.25, 0.3) is 12.3 Å². The number of nitrogens with zero attached hydrogens (tertiary/aromatic N) is 3. The summed E-state index contributed by atoms with van der Waals surface area (Å²) < 4.78 is 46.7. The van der Waals surface area contributed by atoms with Gasteiger partial charge in [0.2, 0.25) is 0 Å². The number of fused-ring (bicyclic) bond motifs is 1. The SMILES string of the molecule is CC.CCc1ccc(Nc2ncnc3cc(N=S(C)(C)=O)cc(C)c23)c(OCC(=O)NCC(F)F)c1. The van der Waals surface area contributed by atoms with Crippen LogP contribution in [-0.2, 0) is 20.9 Å². The predicted molar refractivity (Wildman–Crippen MR) is 141 cm³/mol. The Hall–Kier alpha value is -3.34. The number of benzene rings is 2. The van der Waals surface area contributed by atoms with Gasteiger partial charge in [-0.3, -0.25) is 4.79 Å². The van der Waals surface area contributed by atoms with Crippen molar-refractivity contribution in [2.24, 2.45) is 4.36 Å². The molecule has 1 amide bonds. The highest BCUT2D eigenvalue weighted by atomic mass is 32.2. The molecule has 0 aliphatic heterocycles. The number of carbonyl (C=O) groups excluding carboxylic acids is 1. The number of hydrogen-bond acceptors (Lipinski definition) is 7. The molecule has 2 N–H and O–H groups in total. The maximum Gasteiger partial charge on any atom is 0.258 e. The van der Waals surface area contributed by atoms with Gasteiger partial charge in [0.15, 0.2) is 6.61 Å². The van der Waals surface area contributed by atoms with Crippen molar-refractivity contribution in [1.82, 2.24) is 15.3 Å². The van der Waals surface area contributed by atoms with Gasteiger partial charge in [-0.2, -0.15) is 4.36 Å². The Kier molecular flexibility index (Phi) is 10.5. The van der Waals surface area contributed by atoms with E-state index in [2.05, 4.69) is 25.0 Å². The molecule has 0 fully saturated rings. The summed E-state index contributed by atoms with van der Waals surface area (Å²) in [6.07, 6.45) is 2.65. The molecule has 1 aromatic heterocycles. The molecule has 0 saturated heterocycles. The van der Waals surface area contributed by atoms with Crippen molar-refractivity contribution in [2.75, 3.05) is 31.0 Å². The number of carbonyl (C=O) groups is 1. The number of rotatable bonds is 9. The van der Waals surface area contributed by atoms with Gasteiger partial charge < -0.3 is 15.4 Å². The summed E-state index contributed by atoms with van der Waals surface area (Å²) in [6, 6.07) is 9.07. The second-order valence-corrected chi connectivity index (χ2v) is 10.5. The molecular formula is C25H33F2N5O3S. The molecule has 0 bridgehead atoms. The molecule has 2 aromatic carbocycles. The van der Waals surface area contributed by atoms with E-state index in [9.17, 15) is 17.8 Å². The number of aromatic nitrogens is 2. The van der Waals surface area contributed by atoms with Crippen LogP contribution in [0.2, 0.25) is 0 Å². The molecule has 0 aliphatic rings. The Bertz CT molecular complexity index is 1320. The average Bonchev–Trinajstić information content (AvgIpc) is 2.82. The highest BCUT2D eigenvalue weighted by molar-refractivity contribution is 7.92. The third-order valence-electron chi connectivity index (χ3n) is 4.76. The van der Waals surface area contributed by atoms with Gasteiger partial charge in [-0.1, -0.05) is 26.8 Å². The van der Waals surface area contributed by atoms with E-state index in [0.29, 0.717) is 28.5 Å². The number of hydrogen-bond donors (Lipinski definition) is 2. The first-order valence-electron chi connectivity index (χ1n) is 11.6. The first-order valence-corrected chi connectivity index (χ1v) is 13.9. The van der Waals surface area contributed by atoms with E-state index in [-0.39, 0.29) is 0 Å². The molecule has 0 spiro atoms. The zero-order chi connectivity index (χ0) is 26.9. The van der Waals surface area contributed by atoms with E-state index < -0.39 is 35.2 Å². The molecule has 3 aromatic rings. The van der Waals surface area contributed by atoms with Crippen LogP contribution in [0.4, 0.5) is 26.0 Å². The van der Waals surface area contributed by atoms with E-state index >= 15 is 0 Å². The molecule has 196 valence electrons. The van der Waals surface area contributed by atoms with Crippen molar-refractivity contribution in [3.05, 3.63) is 47.8 Å². The van der Waals surface area contributed by atoms with Crippen LogP contribution >= 0.6 is 0 Å². The number of ether oxygens (including phenoxy) is 1. The van der Waals surface area contributed by atoms with Gasteiger partial charge in [0.05, 0.1) is 23.4 Å². The van der Waals surface area contributed by atoms with Crippen LogP contribution in [0.15, 0.2) is 41.0 Å². The Morgan fingerprint density at radius 2 is 1.89 bits per heavy atom. The predicted octanol–water partition coefficient (Wildman–Crippen LogP) is 5.39. The fourth-order valence-corrected chi connectivity index (χ4v) is 3.91. The molecule has 0 unspecified atom stereocenters. The van der Waals surface area contributed by atoms with Crippen molar-refractivity contribution < 1.29 is 22.5 Å². The van der Waals surface area contributed by atoms with Crippen molar-refractivity contribution in [1.29, 1.82) is 0 Å². The van der Waals surface area contributed by atoms with E-state index in [0.717, 1.165) is 22.9 Å². The number of aryl methyl sites for hydroxylation is 2. The Morgan fingerprint density at radius 1 is 1.17 bits per heavy atom. The molecule has 0 radical (unpaired) electrons. The normalized spacial score (nSPS) is 11.0. The lowest BCUT2D eigenvalue weighted by Gasteiger charge is -2.16. The fourth-order valence-electron chi connectivity index (χ4n) is 3.30. The standard InChI is InChI=1S/C23H27F2N5O3S.C2H6/c1-5-15-6-7-17(19(9-15)33-12-21(31)26-11-20(24)25)29-23-22-14(2)8-16(30-34(3,4)32)10-18(22)27-13-28-23;1-2/h6-10,13,20H,5,11-12H2,1-4H3,(H,26,31)(H,27,28,29);1-2H3. The third kappa shape index (κ3) is 8.40. The van der Waals surface area contributed by atoms with Gasteiger partial charge in [-0.15, -0.1) is 0 Å². The summed E-state index contributed by atoms with van der Waals surface area (Å²) in [7, 11) is -2.33. The quantitative estimate of drug-likeness (QED) is 0.391. The van der Waals surface area contributed by atoms with Crippen LogP contribution in [0, 0.1) is 6.92 Å². The third-order valence-corrected chi connectivity index (χ3v) is 5.42. The number of amides is 1. The summed E-state index contributed by atoms with van der Waals surface area (Å²) in [5, 5.41) is 6.10. The first kappa shape index (κ1) is 28.9. The molecule has 8 nitrogen and oxygen atoms in total. The van der Waals surface area contributed by atoms with Crippen LogP contribution in [0.5, 0.6) is 5.75 Å². The van der Waals surface area contributed by atoms with E-state index in [1.54, 1.807) is 24.6 Å². The summed E-state index contributed by atoms with van der Waals surface area (Å²) in [6.45, 7) is 6.73. The van der Waals surface area contributed by atoms with Gasteiger partial charge in [-0.25, -0.2) is 23.0 Å². The maximum atomic E-state index is 12.3. The Labute approximate surface area is 211 Å². The van der Waals surface area contributed by atoms with Crippen LogP contribution in [-0.4, -0.2) is 52.2 Å². The second kappa shape index (κ2) is 13.1. The monoisotopic (exact) mass is 521 g/mol. The molecule has 3 rings (SSSR count). The topological polar surface area (TPSA) is 106 Å². The van der Waals surface area contributed by atoms with Crippen LogP contribution < -0.4 is 15.4 Å². The highest BCUT2D eigenvalue weighted by Crippen LogP contribution is 2.34. The average molecular weight is 522 g/mol. The van der Waals surface area contributed by atoms with Gasteiger partial charge in [0, 0.05) is 27.6 Å². The zero-order valence-electron chi connectivity index (χ0n) is 21.4. The lowest BCUT2D eigenvalue weighted by Crippen LogP contribution is -2.32. The zero-order valence-corrected chi connectivity index (χ0v) is 22.2. The number of nitrogens with one attached hydrogen (secondary N) is 2. The van der Waals surface area contributed by atoms with Crippen LogP contribution in [0.25, 0.3) is 10.9 Å². The number of alkyl halides is 2. The fraction of sp³-hybridized carbons (Fsp3) is 0.400. The summed E-state index contributed by atoms with van der Waals surface area (Å²) in [5.41, 5.74) is 3.56. The smallest absolute Gasteiger partial charge is 0.258 e. The lowest BCUT2D eigenvalue weighted by molar-refractivity contribution is -0.123. The van der Waals surface area contributed by atoms with Gasteiger partial charge in [-0.05, 0) is 48.7 Å².